The topological polar surface area (TPSA) is 74.6 Å². The first-order valence-corrected chi connectivity index (χ1v) is 12.5. The lowest BCUT2D eigenvalue weighted by Gasteiger charge is -2.34. The number of anilines is 1. The van der Waals surface area contributed by atoms with E-state index >= 15 is 0 Å². The van der Waals surface area contributed by atoms with Gasteiger partial charge in [0.1, 0.15) is 0 Å². The van der Waals surface area contributed by atoms with Crippen LogP contribution in [0.15, 0.2) is 83.7 Å². The lowest BCUT2D eigenvalue weighted by molar-refractivity contribution is 0.0938. The van der Waals surface area contributed by atoms with Gasteiger partial charge >= 0.3 is 0 Å². The van der Waals surface area contributed by atoms with Crippen molar-refractivity contribution in [3.8, 4) is 5.75 Å². The number of hydrogen-bond acceptors (Lipinski definition) is 4. The van der Waals surface area contributed by atoms with E-state index in [9.17, 15) is 14.7 Å². The van der Waals surface area contributed by atoms with E-state index in [4.69, 9.17) is 0 Å². The summed E-state index contributed by atoms with van der Waals surface area (Å²) in [5, 5.41) is 14.1. The van der Waals surface area contributed by atoms with Crippen LogP contribution in [0.5, 0.6) is 5.75 Å². The van der Waals surface area contributed by atoms with Crippen LogP contribution in [-0.2, 0) is 7.05 Å². The molecule has 0 unspecified atom stereocenters. The number of fused-ring (bicyclic) bond motifs is 1. The molecular weight excluding hydrogens is 450 g/mol. The van der Waals surface area contributed by atoms with Gasteiger partial charge in [0, 0.05) is 31.2 Å². The van der Waals surface area contributed by atoms with Crippen molar-refractivity contribution < 1.29 is 9.90 Å². The third kappa shape index (κ3) is 4.47. The van der Waals surface area contributed by atoms with Crippen LogP contribution in [0.4, 0.5) is 5.69 Å². The lowest BCUT2D eigenvalue weighted by Crippen LogP contribution is -2.33. The fraction of sp³-hybridized carbons (Fsp3) is 0.267. The number of carbonyl (C=O) groups is 1. The first kappa shape index (κ1) is 23.7. The van der Waals surface area contributed by atoms with E-state index in [-0.39, 0.29) is 11.6 Å². The maximum atomic E-state index is 13.3. The molecule has 1 aliphatic heterocycles. The highest BCUT2D eigenvalue weighted by atomic mass is 16.3. The van der Waals surface area contributed by atoms with Crippen LogP contribution in [0.1, 0.15) is 53.2 Å². The van der Waals surface area contributed by atoms with Crippen LogP contribution in [-0.4, -0.2) is 28.7 Å². The van der Waals surface area contributed by atoms with Crippen LogP contribution in [0, 0.1) is 0 Å². The number of nitrogens with one attached hydrogen (secondary N) is 1. The normalized spacial score (nSPS) is 15.1. The average Bonchev–Trinajstić information content (AvgIpc) is 2.92. The van der Waals surface area contributed by atoms with E-state index < -0.39 is 17.2 Å². The maximum Gasteiger partial charge on any atom is 0.293 e. The molecule has 0 radical (unpaired) electrons. The molecule has 1 saturated heterocycles. The van der Waals surface area contributed by atoms with Crippen molar-refractivity contribution in [2.75, 3.05) is 18.0 Å². The first-order valence-electron chi connectivity index (χ1n) is 12.5. The number of aromatic hydroxyl groups is 1. The van der Waals surface area contributed by atoms with Crippen molar-refractivity contribution in [1.82, 2.24) is 9.88 Å². The molecule has 36 heavy (non-hydrogen) atoms. The standard InChI is InChI=1S/C30H31N3O3/c1-20(31-29(35)27-25-13-6-7-14-26(25)32(2)30(36)28(27)34)23-11-8-12-24(19-23)33-17-15-22(16-18-33)21-9-4-3-5-10-21/h3-14,19-20,22,34H,15-18H2,1-2H3,(H,31,35)/t20-/m1/s1. The number of hydrogen-bond donors (Lipinski definition) is 2. The van der Waals surface area contributed by atoms with Gasteiger partial charge in [-0.25, -0.2) is 0 Å². The maximum absolute atomic E-state index is 13.3. The molecule has 4 aromatic rings. The van der Waals surface area contributed by atoms with Gasteiger partial charge in [0.25, 0.3) is 11.5 Å². The number of amides is 1. The minimum absolute atomic E-state index is 0.0136. The van der Waals surface area contributed by atoms with Gasteiger partial charge in [-0.1, -0.05) is 60.7 Å². The van der Waals surface area contributed by atoms with Gasteiger partial charge in [0.15, 0.2) is 5.75 Å². The molecule has 1 aliphatic rings. The summed E-state index contributed by atoms with van der Waals surface area (Å²) in [6.45, 7) is 3.88. The van der Waals surface area contributed by atoms with E-state index in [1.54, 1.807) is 31.3 Å². The average molecular weight is 482 g/mol. The largest absolute Gasteiger partial charge is 0.502 e. The molecule has 0 aliphatic carbocycles. The Morgan fingerprint density at radius 1 is 0.972 bits per heavy atom. The predicted octanol–water partition coefficient (Wildman–Crippen LogP) is 5.12. The van der Waals surface area contributed by atoms with Crippen molar-refractivity contribution in [3.05, 3.63) is 106 Å². The van der Waals surface area contributed by atoms with Crippen LogP contribution in [0.25, 0.3) is 10.9 Å². The zero-order chi connectivity index (χ0) is 25.2. The number of aromatic nitrogens is 1. The molecule has 0 bridgehead atoms. The summed E-state index contributed by atoms with van der Waals surface area (Å²) in [4.78, 5) is 28.2. The Morgan fingerprint density at radius 2 is 1.67 bits per heavy atom. The van der Waals surface area contributed by atoms with Gasteiger partial charge in [-0.05, 0) is 55.0 Å². The molecule has 3 aromatic carbocycles. The second kappa shape index (κ2) is 9.90. The summed E-state index contributed by atoms with van der Waals surface area (Å²) in [5.74, 6) is -0.413. The monoisotopic (exact) mass is 481 g/mol. The van der Waals surface area contributed by atoms with Gasteiger partial charge in [-0.15, -0.1) is 0 Å². The third-order valence-corrected chi connectivity index (χ3v) is 7.35. The molecule has 2 heterocycles. The number of rotatable bonds is 5. The van der Waals surface area contributed by atoms with Crippen molar-refractivity contribution >= 4 is 22.5 Å². The molecule has 0 spiro atoms. The van der Waals surface area contributed by atoms with Crippen LogP contribution in [0.3, 0.4) is 0 Å². The van der Waals surface area contributed by atoms with Gasteiger partial charge in [0.2, 0.25) is 0 Å². The van der Waals surface area contributed by atoms with E-state index in [0.717, 1.165) is 37.2 Å². The molecule has 2 N–H and O–H groups in total. The summed E-state index contributed by atoms with van der Waals surface area (Å²) < 4.78 is 1.36. The zero-order valence-electron chi connectivity index (χ0n) is 20.6. The smallest absolute Gasteiger partial charge is 0.293 e. The second-order valence-electron chi connectivity index (χ2n) is 9.57. The Hall–Kier alpha value is -4.06. The number of nitrogens with zero attached hydrogens (tertiary/aromatic N) is 2. The Morgan fingerprint density at radius 3 is 2.42 bits per heavy atom. The van der Waals surface area contributed by atoms with Gasteiger partial charge in [0.05, 0.1) is 17.1 Å². The van der Waals surface area contributed by atoms with E-state index in [1.807, 2.05) is 19.1 Å². The van der Waals surface area contributed by atoms with E-state index in [0.29, 0.717) is 16.8 Å². The highest BCUT2D eigenvalue weighted by Gasteiger charge is 2.23. The molecular formula is C30H31N3O3. The Bertz CT molecular complexity index is 1450. The molecule has 1 aromatic heterocycles. The minimum atomic E-state index is -0.590. The summed E-state index contributed by atoms with van der Waals surface area (Å²) in [7, 11) is 1.59. The Labute approximate surface area is 210 Å². The van der Waals surface area contributed by atoms with Gasteiger partial charge < -0.3 is 19.9 Å². The number of carbonyl (C=O) groups excluding carboxylic acids is 1. The fourth-order valence-corrected chi connectivity index (χ4v) is 5.25. The number of pyridine rings is 1. The predicted molar refractivity (Wildman–Crippen MR) is 144 cm³/mol. The molecule has 184 valence electrons. The first-order chi connectivity index (χ1) is 17.4. The molecule has 0 saturated carbocycles. The van der Waals surface area contributed by atoms with Crippen LogP contribution in [0.2, 0.25) is 0 Å². The third-order valence-electron chi connectivity index (χ3n) is 7.35. The SMILES string of the molecule is C[C@@H](NC(=O)c1c(O)c(=O)n(C)c2ccccc12)c1cccc(N2CCC(c3ccccc3)CC2)c1. The van der Waals surface area contributed by atoms with E-state index in [2.05, 4.69) is 52.7 Å². The fourth-order valence-electron chi connectivity index (χ4n) is 5.25. The molecule has 1 amide bonds. The number of piperidine rings is 1. The molecule has 5 rings (SSSR count). The van der Waals surface area contributed by atoms with Crippen molar-refractivity contribution in [3.63, 3.8) is 0 Å². The minimum Gasteiger partial charge on any atom is -0.502 e. The summed E-state index contributed by atoms with van der Waals surface area (Å²) in [6.07, 6.45) is 2.21. The summed E-state index contributed by atoms with van der Waals surface area (Å²) in [5.41, 5.74) is 3.54. The van der Waals surface area contributed by atoms with Gasteiger partial charge in [-0.3, -0.25) is 9.59 Å². The lowest BCUT2D eigenvalue weighted by atomic mass is 9.89. The summed E-state index contributed by atoms with van der Waals surface area (Å²) in [6, 6.07) is 25.7. The van der Waals surface area contributed by atoms with Crippen molar-refractivity contribution in [2.24, 2.45) is 7.05 Å². The highest BCUT2D eigenvalue weighted by molar-refractivity contribution is 6.08. The van der Waals surface area contributed by atoms with Crippen LogP contribution >= 0.6 is 0 Å². The van der Waals surface area contributed by atoms with Crippen molar-refractivity contribution in [1.29, 1.82) is 0 Å². The number of para-hydroxylation sites is 1. The van der Waals surface area contributed by atoms with Gasteiger partial charge in [-0.2, -0.15) is 0 Å². The van der Waals surface area contributed by atoms with E-state index in [1.165, 1.54) is 10.1 Å². The van der Waals surface area contributed by atoms with Crippen LogP contribution < -0.4 is 15.8 Å². The quantitative estimate of drug-likeness (QED) is 0.415. The van der Waals surface area contributed by atoms with Crippen molar-refractivity contribution in [2.45, 2.75) is 31.7 Å². The summed E-state index contributed by atoms with van der Waals surface area (Å²) >= 11 is 0. The molecule has 6 nitrogen and oxygen atoms in total. The number of aryl methyl sites for hydroxylation is 1. The Kier molecular flexibility index (Phi) is 6.51. The molecule has 6 heteroatoms. The zero-order valence-corrected chi connectivity index (χ0v) is 20.6. The molecule has 1 atom stereocenters. The molecule has 1 fully saturated rings. The highest BCUT2D eigenvalue weighted by Crippen LogP contribution is 2.31. The Balaban J connectivity index is 1.32. The number of benzene rings is 3. The second-order valence-corrected chi connectivity index (χ2v) is 9.57.